The van der Waals surface area contributed by atoms with Gasteiger partial charge in [-0.25, -0.2) is 4.98 Å². The van der Waals surface area contributed by atoms with Crippen LogP contribution in [0, 0.1) is 6.92 Å². The normalized spacial score (nSPS) is 14.6. The Balaban J connectivity index is 1.67. The lowest BCUT2D eigenvalue weighted by Gasteiger charge is -2.32. The van der Waals surface area contributed by atoms with E-state index in [1.165, 1.54) is 0 Å². The van der Waals surface area contributed by atoms with Crippen molar-refractivity contribution in [2.45, 2.75) is 39.0 Å². The number of rotatable bonds is 7. The summed E-state index contributed by atoms with van der Waals surface area (Å²) in [4.78, 5) is 23.5. The van der Waals surface area contributed by atoms with Crippen LogP contribution in [0.5, 0.6) is 17.2 Å². The molecule has 3 heterocycles. The summed E-state index contributed by atoms with van der Waals surface area (Å²) in [7, 11) is 3.25. The average molecular weight is 399 g/mol. The van der Waals surface area contributed by atoms with Gasteiger partial charge in [-0.3, -0.25) is 9.78 Å². The molecule has 0 spiro atoms. The number of carbonyl (C=O) groups excluding carboxylic acids is 1. The van der Waals surface area contributed by atoms with Gasteiger partial charge in [0.2, 0.25) is 0 Å². The summed E-state index contributed by atoms with van der Waals surface area (Å²) in [6.45, 7) is 5.89. The monoisotopic (exact) mass is 399 g/mol. The van der Waals surface area contributed by atoms with Crippen molar-refractivity contribution in [2.75, 3.05) is 33.9 Å². The van der Waals surface area contributed by atoms with Gasteiger partial charge in [-0.05, 0) is 32.1 Å². The largest absolute Gasteiger partial charge is 0.496 e. The van der Waals surface area contributed by atoms with E-state index >= 15 is 0 Å². The average Bonchev–Trinajstić information content (AvgIpc) is 2.77. The minimum Gasteiger partial charge on any atom is -0.496 e. The highest BCUT2D eigenvalue weighted by molar-refractivity contribution is 5.93. The summed E-state index contributed by atoms with van der Waals surface area (Å²) in [5, 5.41) is 0. The van der Waals surface area contributed by atoms with Crippen molar-refractivity contribution in [3.63, 3.8) is 0 Å². The number of methoxy groups -OCH3 is 2. The lowest BCUT2D eigenvalue weighted by molar-refractivity contribution is 0.0706. The summed E-state index contributed by atoms with van der Waals surface area (Å²) < 4.78 is 16.5. The summed E-state index contributed by atoms with van der Waals surface area (Å²) >= 11 is 0. The Morgan fingerprint density at radius 1 is 1.07 bits per heavy atom. The van der Waals surface area contributed by atoms with Gasteiger partial charge in [0.15, 0.2) is 11.5 Å². The van der Waals surface area contributed by atoms with Crippen LogP contribution < -0.4 is 14.2 Å². The first-order chi connectivity index (χ1) is 14.1. The number of hydrogen-bond acceptors (Lipinski definition) is 6. The maximum atomic E-state index is 12.9. The van der Waals surface area contributed by atoms with E-state index in [0.717, 1.165) is 36.3 Å². The van der Waals surface area contributed by atoms with Crippen LogP contribution in [0.4, 0.5) is 0 Å². The number of nitrogens with zero attached hydrogens (tertiary/aromatic N) is 3. The van der Waals surface area contributed by atoms with Crippen LogP contribution in [0.25, 0.3) is 0 Å². The summed E-state index contributed by atoms with van der Waals surface area (Å²) in [5.41, 5.74) is 2.42. The second-order valence-corrected chi connectivity index (χ2v) is 7.20. The van der Waals surface area contributed by atoms with Crippen molar-refractivity contribution in [3.05, 3.63) is 41.5 Å². The fraction of sp³-hybridized carbons (Fsp3) is 0.500. The quantitative estimate of drug-likeness (QED) is 0.708. The first-order valence-corrected chi connectivity index (χ1v) is 10.0. The van der Waals surface area contributed by atoms with Crippen LogP contribution in [0.1, 0.15) is 53.8 Å². The molecule has 7 nitrogen and oxygen atoms in total. The highest BCUT2D eigenvalue weighted by Crippen LogP contribution is 2.34. The molecule has 0 saturated carbocycles. The molecule has 1 fully saturated rings. The molecule has 0 unspecified atom stereocenters. The van der Waals surface area contributed by atoms with Gasteiger partial charge in [0.25, 0.3) is 5.91 Å². The zero-order valence-electron chi connectivity index (χ0n) is 17.6. The SMILES string of the molecule is CCCOc1cnc(C(=O)N2CCC(c3cnc(C)cc3OC)CC2)cc1OC. The maximum Gasteiger partial charge on any atom is 0.272 e. The highest BCUT2D eigenvalue weighted by Gasteiger charge is 2.27. The van der Waals surface area contributed by atoms with Crippen molar-refractivity contribution in [3.8, 4) is 17.2 Å². The molecule has 0 N–H and O–H groups in total. The van der Waals surface area contributed by atoms with Crippen LogP contribution in [0.2, 0.25) is 0 Å². The zero-order valence-corrected chi connectivity index (χ0v) is 17.6. The molecule has 156 valence electrons. The van der Waals surface area contributed by atoms with Gasteiger partial charge in [-0.1, -0.05) is 6.92 Å². The molecular weight excluding hydrogens is 370 g/mol. The molecule has 2 aromatic rings. The number of hydrogen-bond donors (Lipinski definition) is 0. The first kappa shape index (κ1) is 20.9. The molecule has 1 amide bonds. The number of aromatic nitrogens is 2. The summed E-state index contributed by atoms with van der Waals surface area (Å²) in [6, 6.07) is 3.62. The van der Waals surface area contributed by atoms with E-state index in [-0.39, 0.29) is 5.91 Å². The topological polar surface area (TPSA) is 73.8 Å². The van der Waals surface area contributed by atoms with Crippen LogP contribution in [0.15, 0.2) is 24.5 Å². The fourth-order valence-electron chi connectivity index (χ4n) is 3.61. The number of piperidine rings is 1. The lowest BCUT2D eigenvalue weighted by Crippen LogP contribution is -2.38. The second-order valence-electron chi connectivity index (χ2n) is 7.20. The van der Waals surface area contributed by atoms with E-state index in [2.05, 4.69) is 9.97 Å². The van der Waals surface area contributed by atoms with E-state index in [9.17, 15) is 4.79 Å². The van der Waals surface area contributed by atoms with E-state index < -0.39 is 0 Å². The molecule has 1 aliphatic rings. The predicted molar refractivity (Wildman–Crippen MR) is 110 cm³/mol. The van der Waals surface area contributed by atoms with Gasteiger partial charge in [-0.15, -0.1) is 0 Å². The predicted octanol–water partition coefficient (Wildman–Crippen LogP) is 3.61. The standard InChI is InChI=1S/C22H29N3O4/c1-5-10-29-21-14-24-18(12-20(21)28-4)22(26)25-8-6-16(7-9-25)17-13-23-15(2)11-19(17)27-3/h11-14,16H,5-10H2,1-4H3. The van der Waals surface area contributed by atoms with Crippen LogP contribution >= 0.6 is 0 Å². The molecule has 0 atom stereocenters. The molecule has 0 bridgehead atoms. The van der Waals surface area contributed by atoms with Crippen LogP contribution in [-0.2, 0) is 0 Å². The van der Waals surface area contributed by atoms with E-state index in [1.807, 2.05) is 31.0 Å². The Morgan fingerprint density at radius 2 is 1.79 bits per heavy atom. The fourth-order valence-corrected chi connectivity index (χ4v) is 3.61. The number of likely N-dealkylation sites (tertiary alicyclic amines) is 1. The molecule has 1 saturated heterocycles. The molecule has 29 heavy (non-hydrogen) atoms. The highest BCUT2D eigenvalue weighted by atomic mass is 16.5. The van der Waals surface area contributed by atoms with E-state index in [1.54, 1.807) is 26.5 Å². The minimum atomic E-state index is -0.0854. The van der Waals surface area contributed by atoms with Gasteiger partial charge in [0.1, 0.15) is 11.4 Å². The molecule has 0 aliphatic carbocycles. The molecule has 0 aromatic carbocycles. The molecule has 2 aromatic heterocycles. The summed E-state index contributed by atoms with van der Waals surface area (Å²) in [6.07, 6.45) is 6.08. The zero-order chi connectivity index (χ0) is 20.8. The minimum absolute atomic E-state index is 0.0854. The third-order valence-electron chi connectivity index (χ3n) is 5.21. The van der Waals surface area contributed by atoms with Gasteiger partial charge < -0.3 is 19.1 Å². The molecule has 3 rings (SSSR count). The Labute approximate surface area is 172 Å². The maximum absolute atomic E-state index is 12.9. The molecule has 0 radical (unpaired) electrons. The molecule has 1 aliphatic heterocycles. The second kappa shape index (κ2) is 9.58. The summed E-state index contributed by atoms with van der Waals surface area (Å²) in [5.74, 6) is 2.20. The van der Waals surface area contributed by atoms with Crippen molar-refractivity contribution < 1.29 is 19.0 Å². The Hall–Kier alpha value is -2.83. The van der Waals surface area contributed by atoms with Crippen LogP contribution in [0.3, 0.4) is 0 Å². The lowest BCUT2D eigenvalue weighted by atomic mass is 9.89. The molecular formula is C22H29N3O4. The van der Waals surface area contributed by atoms with Gasteiger partial charge in [0.05, 0.1) is 27.0 Å². The number of ether oxygens (including phenoxy) is 3. The number of pyridine rings is 2. The molecule has 7 heteroatoms. The van der Waals surface area contributed by atoms with Crippen molar-refractivity contribution in [2.24, 2.45) is 0 Å². The van der Waals surface area contributed by atoms with Crippen molar-refractivity contribution in [1.29, 1.82) is 0 Å². The van der Waals surface area contributed by atoms with Gasteiger partial charge >= 0.3 is 0 Å². The van der Waals surface area contributed by atoms with Gasteiger partial charge in [-0.2, -0.15) is 0 Å². The first-order valence-electron chi connectivity index (χ1n) is 10.0. The Kier molecular flexibility index (Phi) is 6.90. The number of carbonyl (C=O) groups is 1. The number of amides is 1. The van der Waals surface area contributed by atoms with Crippen LogP contribution in [-0.4, -0.2) is 54.7 Å². The van der Waals surface area contributed by atoms with E-state index in [0.29, 0.717) is 42.8 Å². The third-order valence-corrected chi connectivity index (χ3v) is 5.21. The van der Waals surface area contributed by atoms with E-state index in [4.69, 9.17) is 14.2 Å². The smallest absolute Gasteiger partial charge is 0.272 e. The third kappa shape index (κ3) is 4.78. The number of aryl methyl sites for hydroxylation is 1. The Bertz CT molecular complexity index is 848. The van der Waals surface area contributed by atoms with Crippen molar-refractivity contribution in [1.82, 2.24) is 14.9 Å². The van der Waals surface area contributed by atoms with Gasteiger partial charge in [0, 0.05) is 42.7 Å². The Morgan fingerprint density at radius 3 is 2.45 bits per heavy atom. The van der Waals surface area contributed by atoms with Crippen molar-refractivity contribution >= 4 is 5.91 Å².